The first kappa shape index (κ1) is 25.6. The molecule has 35 heavy (non-hydrogen) atoms. The van der Waals surface area contributed by atoms with Crippen molar-refractivity contribution in [3.05, 3.63) is 86.4 Å². The number of benzene rings is 3. The van der Waals surface area contributed by atoms with Crippen molar-refractivity contribution in [2.24, 2.45) is 0 Å². The molecule has 0 aromatic heterocycles. The number of halogens is 1. The summed E-state index contributed by atoms with van der Waals surface area (Å²) in [5.41, 5.74) is 1.59. The third-order valence-electron chi connectivity index (χ3n) is 4.79. The fourth-order valence-corrected chi connectivity index (χ4v) is 3.75. The number of ether oxygens (including phenoxy) is 4. The lowest BCUT2D eigenvalue weighted by atomic mass is 10.0. The molecule has 0 atom stereocenters. The van der Waals surface area contributed by atoms with Crippen molar-refractivity contribution in [1.29, 1.82) is 5.26 Å². The quantitative estimate of drug-likeness (QED) is 0.0928. The highest BCUT2D eigenvalue weighted by molar-refractivity contribution is 9.10. The minimum Gasteiger partial charge on any atom is -0.497 e. The fraction of sp³-hybridized carbons (Fsp3) is 0.192. The zero-order valence-electron chi connectivity index (χ0n) is 19.2. The maximum atomic E-state index is 10.9. The van der Waals surface area contributed by atoms with Crippen LogP contribution in [0.4, 0.5) is 5.69 Å². The summed E-state index contributed by atoms with van der Waals surface area (Å²) >= 11 is 3.53. The Morgan fingerprint density at radius 2 is 1.77 bits per heavy atom. The van der Waals surface area contributed by atoms with Gasteiger partial charge in [-0.05, 0) is 76.5 Å². The van der Waals surface area contributed by atoms with Crippen molar-refractivity contribution < 1.29 is 23.9 Å². The zero-order chi connectivity index (χ0) is 25.2. The van der Waals surface area contributed by atoms with E-state index in [2.05, 4.69) is 22.0 Å². The van der Waals surface area contributed by atoms with Crippen LogP contribution in [0.5, 0.6) is 23.0 Å². The Hall–Kier alpha value is -4.03. The molecule has 0 saturated carbocycles. The van der Waals surface area contributed by atoms with Crippen molar-refractivity contribution in [2.75, 3.05) is 26.9 Å². The second kappa shape index (κ2) is 12.4. The van der Waals surface area contributed by atoms with Crippen LogP contribution in [0.25, 0.3) is 11.6 Å². The topological polar surface area (TPSA) is 104 Å². The molecule has 0 amide bonds. The summed E-state index contributed by atoms with van der Waals surface area (Å²) in [7, 11) is 1.60. The molecule has 0 fully saturated rings. The molecule has 0 bridgehead atoms. The molecule has 3 rings (SSSR count). The standard InChI is InChI=1S/C26H23BrN2O6/c1-3-33-25-15-18(13-20(17-28)19-7-9-21(10-8-19)29(30)31)14-24(27)26(25)35-12-11-34-23-6-4-5-22(16-23)32-2/h4-10,13-16H,3,11-12H2,1-2H3/b20-13-. The summed E-state index contributed by atoms with van der Waals surface area (Å²) < 4.78 is 23.3. The van der Waals surface area contributed by atoms with Gasteiger partial charge in [-0.3, -0.25) is 10.1 Å². The molecule has 3 aromatic carbocycles. The van der Waals surface area contributed by atoms with Gasteiger partial charge in [0.25, 0.3) is 5.69 Å². The first-order chi connectivity index (χ1) is 16.9. The van der Waals surface area contributed by atoms with E-state index in [1.807, 2.05) is 31.2 Å². The number of rotatable bonds is 11. The molecule has 8 nitrogen and oxygen atoms in total. The van der Waals surface area contributed by atoms with E-state index in [4.69, 9.17) is 18.9 Å². The van der Waals surface area contributed by atoms with Gasteiger partial charge in [0.05, 0.1) is 34.8 Å². The molecular formula is C26H23BrN2O6. The van der Waals surface area contributed by atoms with Crippen LogP contribution in [-0.2, 0) is 0 Å². The highest BCUT2D eigenvalue weighted by atomic mass is 79.9. The number of non-ortho nitro benzene ring substituents is 1. The second-order valence-electron chi connectivity index (χ2n) is 7.11. The predicted octanol–water partition coefficient (Wildman–Crippen LogP) is 6.29. The van der Waals surface area contributed by atoms with Crippen LogP contribution in [0.1, 0.15) is 18.1 Å². The Morgan fingerprint density at radius 3 is 2.43 bits per heavy atom. The summed E-state index contributed by atoms with van der Waals surface area (Å²) in [5, 5.41) is 20.5. The fourth-order valence-electron chi connectivity index (χ4n) is 3.18. The average molecular weight is 539 g/mol. The zero-order valence-corrected chi connectivity index (χ0v) is 20.8. The minimum atomic E-state index is -0.481. The summed E-state index contributed by atoms with van der Waals surface area (Å²) in [6.45, 7) is 2.87. The Kier molecular flexibility index (Phi) is 9.09. The SMILES string of the molecule is CCOc1cc(/C=C(/C#N)c2ccc([N+](=O)[O-])cc2)cc(Br)c1OCCOc1cccc(OC)c1. The van der Waals surface area contributed by atoms with Crippen LogP contribution in [-0.4, -0.2) is 31.9 Å². The molecule has 0 spiro atoms. The van der Waals surface area contributed by atoms with E-state index in [1.54, 1.807) is 37.5 Å². The average Bonchev–Trinajstić information content (AvgIpc) is 2.86. The summed E-state index contributed by atoms with van der Waals surface area (Å²) in [4.78, 5) is 10.4. The molecule has 0 unspecified atom stereocenters. The number of nitro groups is 1. The third-order valence-corrected chi connectivity index (χ3v) is 5.38. The van der Waals surface area contributed by atoms with Gasteiger partial charge in [0.15, 0.2) is 11.5 Å². The van der Waals surface area contributed by atoms with Crippen molar-refractivity contribution in [3.63, 3.8) is 0 Å². The molecule has 180 valence electrons. The number of hydrogen-bond donors (Lipinski definition) is 0. The van der Waals surface area contributed by atoms with Gasteiger partial charge in [0, 0.05) is 18.2 Å². The molecule has 0 aliphatic heterocycles. The first-order valence-electron chi connectivity index (χ1n) is 10.7. The van der Waals surface area contributed by atoms with Crippen molar-refractivity contribution >= 4 is 33.3 Å². The molecule has 0 radical (unpaired) electrons. The van der Waals surface area contributed by atoms with Gasteiger partial charge in [-0.1, -0.05) is 6.07 Å². The van der Waals surface area contributed by atoms with Gasteiger partial charge in [0.1, 0.15) is 24.7 Å². The molecule has 3 aromatic rings. The molecule has 0 saturated heterocycles. The molecule has 0 aliphatic carbocycles. The maximum Gasteiger partial charge on any atom is 0.269 e. The lowest BCUT2D eigenvalue weighted by Gasteiger charge is -2.15. The van der Waals surface area contributed by atoms with E-state index in [0.717, 1.165) is 0 Å². The van der Waals surface area contributed by atoms with Gasteiger partial charge in [0.2, 0.25) is 0 Å². The van der Waals surface area contributed by atoms with Crippen molar-refractivity contribution in [1.82, 2.24) is 0 Å². The second-order valence-corrected chi connectivity index (χ2v) is 7.97. The monoisotopic (exact) mass is 538 g/mol. The number of methoxy groups -OCH3 is 1. The number of hydrogen-bond acceptors (Lipinski definition) is 7. The summed E-state index contributed by atoms with van der Waals surface area (Å²) in [5.74, 6) is 2.41. The van der Waals surface area contributed by atoms with Crippen molar-refractivity contribution in [3.8, 4) is 29.1 Å². The molecule has 0 N–H and O–H groups in total. The van der Waals surface area contributed by atoms with E-state index >= 15 is 0 Å². The van der Waals surface area contributed by atoms with Gasteiger partial charge >= 0.3 is 0 Å². The van der Waals surface area contributed by atoms with Gasteiger partial charge in [-0.15, -0.1) is 0 Å². The predicted molar refractivity (Wildman–Crippen MR) is 136 cm³/mol. The lowest BCUT2D eigenvalue weighted by Crippen LogP contribution is -2.10. The first-order valence-corrected chi connectivity index (χ1v) is 11.5. The van der Waals surface area contributed by atoms with E-state index in [9.17, 15) is 15.4 Å². The molecular weight excluding hydrogens is 516 g/mol. The maximum absolute atomic E-state index is 10.9. The smallest absolute Gasteiger partial charge is 0.269 e. The van der Waals surface area contributed by atoms with E-state index in [0.29, 0.717) is 57.4 Å². The number of nitrogens with zero attached hydrogens (tertiary/aromatic N) is 2. The van der Waals surface area contributed by atoms with Crippen LogP contribution < -0.4 is 18.9 Å². The van der Waals surface area contributed by atoms with Crippen LogP contribution >= 0.6 is 15.9 Å². The third kappa shape index (κ3) is 6.98. The summed E-state index contributed by atoms with van der Waals surface area (Å²) in [6.07, 6.45) is 1.68. The van der Waals surface area contributed by atoms with E-state index < -0.39 is 4.92 Å². The number of allylic oxidation sites excluding steroid dienone is 1. The largest absolute Gasteiger partial charge is 0.497 e. The Labute approximate surface area is 211 Å². The van der Waals surface area contributed by atoms with Crippen LogP contribution in [0.2, 0.25) is 0 Å². The Balaban J connectivity index is 1.76. The van der Waals surface area contributed by atoms with Crippen molar-refractivity contribution in [2.45, 2.75) is 6.92 Å². The number of nitro benzene ring substituents is 1. The van der Waals surface area contributed by atoms with E-state index in [1.165, 1.54) is 12.1 Å². The number of nitriles is 1. The summed E-state index contributed by atoms with van der Waals surface area (Å²) in [6, 6.07) is 18.9. The van der Waals surface area contributed by atoms with Crippen LogP contribution in [0.3, 0.4) is 0 Å². The van der Waals surface area contributed by atoms with Gasteiger partial charge < -0.3 is 18.9 Å². The van der Waals surface area contributed by atoms with E-state index in [-0.39, 0.29) is 12.3 Å². The van der Waals surface area contributed by atoms with Crippen LogP contribution in [0, 0.1) is 21.4 Å². The molecule has 0 aliphatic rings. The normalized spacial score (nSPS) is 10.9. The lowest BCUT2D eigenvalue weighted by molar-refractivity contribution is -0.384. The molecule has 9 heteroatoms. The highest BCUT2D eigenvalue weighted by Crippen LogP contribution is 2.38. The van der Waals surface area contributed by atoms with Gasteiger partial charge in [-0.25, -0.2) is 0 Å². The van der Waals surface area contributed by atoms with Crippen LogP contribution in [0.15, 0.2) is 65.1 Å². The highest BCUT2D eigenvalue weighted by Gasteiger charge is 2.13. The minimum absolute atomic E-state index is 0.0377. The molecule has 0 heterocycles. The Morgan fingerprint density at radius 1 is 1.06 bits per heavy atom. The Bertz CT molecular complexity index is 1250. The van der Waals surface area contributed by atoms with Gasteiger partial charge in [-0.2, -0.15) is 5.26 Å².